The van der Waals surface area contributed by atoms with Crippen LogP contribution in [-0.2, 0) is 6.42 Å². The van der Waals surface area contributed by atoms with E-state index in [1.54, 1.807) is 0 Å². The molecule has 3 heteroatoms. The molecule has 0 aliphatic carbocycles. The lowest BCUT2D eigenvalue weighted by Crippen LogP contribution is -2.38. The van der Waals surface area contributed by atoms with Gasteiger partial charge in [-0.25, -0.2) is 0 Å². The van der Waals surface area contributed by atoms with Crippen molar-refractivity contribution in [1.29, 1.82) is 0 Å². The van der Waals surface area contributed by atoms with Crippen LogP contribution in [0.25, 0.3) is 0 Å². The SMILES string of the molecule is CC(CNC(C)(C)C)Cc1cc(Br)cs1. The number of halogens is 1. The maximum absolute atomic E-state index is 3.54. The van der Waals surface area contributed by atoms with Crippen molar-refractivity contribution in [3.8, 4) is 0 Å². The van der Waals surface area contributed by atoms with E-state index in [-0.39, 0.29) is 5.54 Å². The van der Waals surface area contributed by atoms with Gasteiger partial charge in [0.15, 0.2) is 0 Å². The van der Waals surface area contributed by atoms with Gasteiger partial charge in [0.05, 0.1) is 0 Å². The van der Waals surface area contributed by atoms with E-state index < -0.39 is 0 Å². The molecular formula is C12H20BrNS. The van der Waals surface area contributed by atoms with Crippen molar-refractivity contribution < 1.29 is 0 Å². The van der Waals surface area contributed by atoms with Crippen LogP contribution in [0.1, 0.15) is 32.6 Å². The molecule has 0 aliphatic rings. The molecule has 0 aliphatic heterocycles. The minimum absolute atomic E-state index is 0.226. The van der Waals surface area contributed by atoms with Crippen molar-refractivity contribution in [2.45, 2.75) is 39.7 Å². The highest BCUT2D eigenvalue weighted by atomic mass is 79.9. The maximum atomic E-state index is 3.54. The first kappa shape index (κ1) is 13.2. The number of hydrogen-bond acceptors (Lipinski definition) is 2. The molecule has 1 unspecified atom stereocenters. The van der Waals surface area contributed by atoms with E-state index in [0.29, 0.717) is 5.92 Å². The zero-order valence-electron chi connectivity index (χ0n) is 9.93. The second-order valence-electron chi connectivity index (χ2n) is 5.17. The highest BCUT2D eigenvalue weighted by Crippen LogP contribution is 2.22. The Morgan fingerprint density at radius 2 is 2.13 bits per heavy atom. The topological polar surface area (TPSA) is 12.0 Å². The minimum atomic E-state index is 0.226. The summed E-state index contributed by atoms with van der Waals surface area (Å²) in [6, 6.07) is 2.22. The lowest BCUT2D eigenvalue weighted by atomic mass is 10.0. The van der Waals surface area contributed by atoms with Gasteiger partial charge in [-0.1, -0.05) is 6.92 Å². The summed E-state index contributed by atoms with van der Waals surface area (Å²) >= 11 is 5.32. The number of nitrogens with one attached hydrogen (secondary N) is 1. The summed E-state index contributed by atoms with van der Waals surface area (Å²) in [4.78, 5) is 1.46. The van der Waals surface area contributed by atoms with Crippen molar-refractivity contribution in [1.82, 2.24) is 5.32 Å². The van der Waals surface area contributed by atoms with Crippen molar-refractivity contribution >= 4 is 27.3 Å². The van der Waals surface area contributed by atoms with Crippen LogP contribution in [0.4, 0.5) is 0 Å². The molecular weight excluding hydrogens is 270 g/mol. The Kier molecular flexibility index (Phi) is 4.81. The molecule has 0 saturated carbocycles. The standard InChI is InChI=1S/C12H20BrNS/c1-9(7-14-12(2,3)4)5-11-6-10(13)8-15-11/h6,8-9,14H,5,7H2,1-4H3. The van der Waals surface area contributed by atoms with Gasteiger partial charge in [0.1, 0.15) is 0 Å². The van der Waals surface area contributed by atoms with E-state index >= 15 is 0 Å². The number of rotatable bonds is 4. The normalized spacial score (nSPS) is 14.2. The van der Waals surface area contributed by atoms with Gasteiger partial charge in [-0.05, 0) is 61.7 Å². The molecule has 0 aromatic carbocycles. The Bertz CT molecular complexity index is 301. The van der Waals surface area contributed by atoms with E-state index in [9.17, 15) is 0 Å². The first-order valence-electron chi connectivity index (χ1n) is 5.35. The molecule has 1 aromatic rings. The average molecular weight is 290 g/mol. The third-order valence-electron chi connectivity index (χ3n) is 2.15. The predicted molar refractivity (Wildman–Crippen MR) is 72.6 cm³/mol. The molecule has 1 heterocycles. The molecule has 0 radical (unpaired) electrons. The van der Waals surface area contributed by atoms with Crippen LogP contribution in [0.15, 0.2) is 15.9 Å². The highest BCUT2D eigenvalue weighted by molar-refractivity contribution is 9.10. The molecule has 1 rings (SSSR count). The fourth-order valence-corrected chi connectivity index (χ4v) is 2.97. The first-order chi connectivity index (χ1) is 6.87. The summed E-state index contributed by atoms with van der Waals surface area (Å²) in [7, 11) is 0. The second-order valence-corrected chi connectivity index (χ2v) is 7.08. The summed E-state index contributed by atoms with van der Waals surface area (Å²) in [6.07, 6.45) is 1.17. The molecule has 1 aromatic heterocycles. The smallest absolute Gasteiger partial charge is 0.0285 e. The molecule has 0 amide bonds. The van der Waals surface area contributed by atoms with Crippen LogP contribution >= 0.6 is 27.3 Å². The third kappa shape index (κ3) is 5.69. The van der Waals surface area contributed by atoms with Crippen LogP contribution in [-0.4, -0.2) is 12.1 Å². The Morgan fingerprint density at radius 1 is 1.47 bits per heavy atom. The van der Waals surface area contributed by atoms with Crippen LogP contribution < -0.4 is 5.32 Å². The molecule has 0 saturated heterocycles. The largest absolute Gasteiger partial charge is 0.312 e. The molecule has 86 valence electrons. The highest BCUT2D eigenvalue weighted by Gasteiger charge is 2.11. The Labute approximate surface area is 105 Å². The summed E-state index contributed by atoms with van der Waals surface area (Å²) in [5, 5.41) is 5.69. The molecule has 0 fully saturated rings. The van der Waals surface area contributed by atoms with Crippen molar-refractivity contribution in [3.63, 3.8) is 0 Å². The Morgan fingerprint density at radius 3 is 2.60 bits per heavy atom. The fourth-order valence-electron chi connectivity index (χ4n) is 1.36. The molecule has 1 atom stereocenters. The van der Waals surface area contributed by atoms with Gasteiger partial charge in [-0.15, -0.1) is 11.3 Å². The third-order valence-corrected chi connectivity index (χ3v) is 3.87. The summed E-state index contributed by atoms with van der Waals surface area (Å²) in [6.45, 7) is 10.0. The predicted octanol–water partition coefficient (Wildman–Crippen LogP) is 4.08. The second kappa shape index (κ2) is 5.46. The maximum Gasteiger partial charge on any atom is 0.0285 e. The quantitative estimate of drug-likeness (QED) is 0.881. The van der Waals surface area contributed by atoms with Crippen LogP contribution in [0.2, 0.25) is 0 Å². The lowest BCUT2D eigenvalue weighted by molar-refractivity contribution is 0.382. The van der Waals surface area contributed by atoms with Crippen LogP contribution in [0.3, 0.4) is 0 Å². The van der Waals surface area contributed by atoms with E-state index in [4.69, 9.17) is 0 Å². The minimum Gasteiger partial charge on any atom is -0.312 e. The molecule has 0 spiro atoms. The lowest BCUT2D eigenvalue weighted by Gasteiger charge is -2.23. The van der Waals surface area contributed by atoms with E-state index in [1.165, 1.54) is 15.8 Å². The van der Waals surface area contributed by atoms with Crippen LogP contribution in [0, 0.1) is 5.92 Å². The fraction of sp³-hybridized carbons (Fsp3) is 0.667. The van der Waals surface area contributed by atoms with Gasteiger partial charge in [-0.3, -0.25) is 0 Å². The molecule has 0 bridgehead atoms. The van der Waals surface area contributed by atoms with Gasteiger partial charge in [0.2, 0.25) is 0 Å². The first-order valence-corrected chi connectivity index (χ1v) is 7.02. The van der Waals surface area contributed by atoms with Crippen molar-refractivity contribution in [2.75, 3.05) is 6.54 Å². The number of thiophene rings is 1. The summed E-state index contributed by atoms with van der Waals surface area (Å²) in [5.41, 5.74) is 0.226. The van der Waals surface area contributed by atoms with E-state index in [2.05, 4.69) is 60.4 Å². The monoisotopic (exact) mass is 289 g/mol. The van der Waals surface area contributed by atoms with Gasteiger partial charge < -0.3 is 5.32 Å². The van der Waals surface area contributed by atoms with Crippen molar-refractivity contribution in [2.24, 2.45) is 5.92 Å². The van der Waals surface area contributed by atoms with E-state index in [1.807, 2.05) is 11.3 Å². The number of hydrogen-bond donors (Lipinski definition) is 1. The Balaban J connectivity index is 2.33. The van der Waals surface area contributed by atoms with Gasteiger partial charge in [0.25, 0.3) is 0 Å². The van der Waals surface area contributed by atoms with Gasteiger partial charge >= 0.3 is 0 Å². The van der Waals surface area contributed by atoms with Crippen molar-refractivity contribution in [3.05, 3.63) is 20.8 Å². The van der Waals surface area contributed by atoms with E-state index in [0.717, 1.165) is 6.54 Å². The zero-order valence-corrected chi connectivity index (χ0v) is 12.3. The van der Waals surface area contributed by atoms with Gasteiger partial charge in [0, 0.05) is 20.3 Å². The summed E-state index contributed by atoms with van der Waals surface area (Å²) < 4.78 is 1.21. The molecule has 1 nitrogen and oxygen atoms in total. The average Bonchev–Trinajstić information content (AvgIpc) is 2.47. The molecule has 15 heavy (non-hydrogen) atoms. The Hall–Kier alpha value is 0.140. The van der Waals surface area contributed by atoms with Crippen LogP contribution in [0.5, 0.6) is 0 Å². The molecule has 1 N–H and O–H groups in total. The van der Waals surface area contributed by atoms with Gasteiger partial charge in [-0.2, -0.15) is 0 Å². The summed E-state index contributed by atoms with van der Waals surface area (Å²) in [5.74, 6) is 0.690. The zero-order chi connectivity index (χ0) is 11.5.